The largest absolute Gasteiger partial charge is 0.496 e. The van der Waals surface area contributed by atoms with Gasteiger partial charge < -0.3 is 14.5 Å². The van der Waals surface area contributed by atoms with E-state index in [-0.39, 0.29) is 5.75 Å². The predicted octanol–water partition coefficient (Wildman–Crippen LogP) is 4.87. The summed E-state index contributed by atoms with van der Waals surface area (Å²) in [6.45, 7) is 0. The normalized spacial score (nSPS) is 11.8. The summed E-state index contributed by atoms with van der Waals surface area (Å²) >= 11 is 2.13. The molecule has 0 fully saturated rings. The summed E-state index contributed by atoms with van der Waals surface area (Å²) in [6, 6.07) is 5.96. The van der Waals surface area contributed by atoms with Gasteiger partial charge in [-0.2, -0.15) is 13.2 Å². The van der Waals surface area contributed by atoms with E-state index in [0.717, 1.165) is 9.64 Å². The van der Waals surface area contributed by atoms with Gasteiger partial charge in [0.05, 0.1) is 31.0 Å². The van der Waals surface area contributed by atoms with E-state index >= 15 is 0 Å². The van der Waals surface area contributed by atoms with E-state index < -0.39 is 11.7 Å². The molecule has 8 heteroatoms. The molecule has 2 aromatic heterocycles. The first kappa shape index (κ1) is 16.9. The maximum atomic E-state index is 13.2. The fraction of sp³-hybridized carbons (Fsp3) is 0.188. The first-order valence-corrected chi connectivity index (χ1v) is 7.90. The topological polar surface area (TPSA) is 47.1 Å². The lowest BCUT2D eigenvalue weighted by atomic mass is 10.1. The molecule has 1 N–H and O–H groups in total. The van der Waals surface area contributed by atoms with Crippen LogP contribution in [0, 0.1) is 3.57 Å². The van der Waals surface area contributed by atoms with Crippen LogP contribution in [0.5, 0.6) is 11.6 Å². The molecule has 0 radical (unpaired) electrons. The molecule has 2 heterocycles. The van der Waals surface area contributed by atoms with Gasteiger partial charge in [-0.3, -0.25) is 0 Å². The van der Waals surface area contributed by atoms with Gasteiger partial charge in [0.25, 0.3) is 0 Å². The van der Waals surface area contributed by atoms with Crippen LogP contribution in [0.3, 0.4) is 0 Å². The summed E-state index contributed by atoms with van der Waals surface area (Å²) in [7, 11) is 2.71. The number of H-pyrrole nitrogens is 1. The predicted molar refractivity (Wildman–Crippen MR) is 92.4 cm³/mol. The number of alkyl halides is 3. The molecule has 126 valence electrons. The van der Waals surface area contributed by atoms with Crippen LogP contribution in [-0.2, 0) is 6.18 Å². The van der Waals surface area contributed by atoms with Gasteiger partial charge in [0.15, 0.2) is 0 Å². The van der Waals surface area contributed by atoms with Crippen molar-refractivity contribution in [3.63, 3.8) is 0 Å². The summed E-state index contributed by atoms with van der Waals surface area (Å²) in [6.07, 6.45) is -2.89. The molecule has 0 aliphatic rings. The molecule has 0 bridgehead atoms. The van der Waals surface area contributed by atoms with Crippen molar-refractivity contribution in [1.82, 2.24) is 9.97 Å². The standard InChI is InChI=1S/C16H12F3IN2O2/c1-23-13-6-8-5-12(14-10(20)3-4-21-15(14)24-2)22-11(8)7-9(13)16(17,18)19/h3-7,22H,1-2H3. The lowest BCUT2D eigenvalue weighted by Gasteiger charge is -2.11. The number of pyridine rings is 1. The molecule has 0 aliphatic heterocycles. The number of halogens is 4. The van der Waals surface area contributed by atoms with Crippen molar-refractivity contribution in [1.29, 1.82) is 0 Å². The quantitative estimate of drug-likeness (QED) is 0.582. The van der Waals surface area contributed by atoms with E-state index in [4.69, 9.17) is 9.47 Å². The van der Waals surface area contributed by atoms with Crippen molar-refractivity contribution in [2.75, 3.05) is 14.2 Å². The number of hydrogen-bond donors (Lipinski definition) is 1. The van der Waals surface area contributed by atoms with Crippen LogP contribution in [0.2, 0.25) is 0 Å². The molecule has 0 saturated heterocycles. The smallest absolute Gasteiger partial charge is 0.420 e. The minimum Gasteiger partial charge on any atom is -0.496 e. The van der Waals surface area contributed by atoms with Gasteiger partial charge in [-0.15, -0.1) is 0 Å². The Kier molecular flexibility index (Phi) is 4.33. The Morgan fingerprint density at radius 2 is 1.88 bits per heavy atom. The van der Waals surface area contributed by atoms with E-state index in [1.165, 1.54) is 20.3 Å². The Balaban J connectivity index is 2.24. The highest BCUT2D eigenvalue weighted by atomic mass is 127. The summed E-state index contributed by atoms with van der Waals surface area (Å²) in [4.78, 5) is 7.15. The average molecular weight is 448 g/mol. The number of ether oxygens (including phenoxy) is 2. The molecule has 3 rings (SSSR count). The van der Waals surface area contributed by atoms with E-state index in [2.05, 4.69) is 32.6 Å². The lowest BCUT2D eigenvalue weighted by molar-refractivity contribution is -0.138. The van der Waals surface area contributed by atoms with E-state index in [0.29, 0.717) is 28.0 Å². The number of aromatic amines is 1. The summed E-state index contributed by atoms with van der Waals surface area (Å²) in [5, 5.41) is 0.608. The third-order valence-electron chi connectivity index (χ3n) is 3.57. The molecule has 0 saturated carbocycles. The zero-order valence-electron chi connectivity index (χ0n) is 12.7. The average Bonchev–Trinajstić information content (AvgIpc) is 2.94. The Morgan fingerprint density at radius 1 is 1.12 bits per heavy atom. The molecule has 0 aliphatic carbocycles. The van der Waals surface area contributed by atoms with Crippen LogP contribution in [0.1, 0.15) is 5.56 Å². The summed E-state index contributed by atoms with van der Waals surface area (Å²) < 4.78 is 50.5. The van der Waals surface area contributed by atoms with Gasteiger partial charge in [-0.05, 0) is 46.9 Å². The second-order valence-corrected chi connectivity index (χ2v) is 6.16. The fourth-order valence-corrected chi connectivity index (χ4v) is 3.19. The van der Waals surface area contributed by atoms with E-state index in [1.807, 2.05) is 0 Å². The molecule has 24 heavy (non-hydrogen) atoms. The maximum Gasteiger partial charge on any atom is 0.420 e. The van der Waals surface area contributed by atoms with Crippen LogP contribution in [0.25, 0.3) is 22.2 Å². The zero-order chi connectivity index (χ0) is 17.5. The van der Waals surface area contributed by atoms with E-state index in [9.17, 15) is 13.2 Å². The molecule has 4 nitrogen and oxygen atoms in total. The number of nitrogens with zero attached hydrogens (tertiary/aromatic N) is 1. The van der Waals surface area contributed by atoms with Crippen molar-refractivity contribution in [2.24, 2.45) is 0 Å². The molecule has 1 aromatic carbocycles. The number of hydrogen-bond acceptors (Lipinski definition) is 3. The number of rotatable bonds is 3. The monoisotopic (exact) mass is 448 g/mol. The molecule has 3 aromatic rings. The Labute approximate surface area is 149 Å². The van der Waals surface area contributed by atoms with Gasteiger partial charge in [0.1, 0.15) is 5.75 Å². The minimum atomic E-state index is -4.49. The highest BCUT2D eigenvalue weighted by molar-refractivity contribution is 14.1. The van der Waals surface area contributed by atoms with Gasteiger partial charge in [-0.25, -0.2) is 4.98 Å². The van der Waals surface area contributed by atoms with Gasteiger partial charge in [-0.1, -0.05) is 0 Å². The Morgan fingerprint density at radius 3 is 2.50 bits per heavy atom. The number of fused-ring (bicyclic) bond motifs is 1. The number of benzene rings is 1. The Hall–Kier alpha value is -1.97. The van der Waals surface area contributed by atoms with Crippen LogP contribution >= 0.6 is 22.6 Å². The highest BCUT2D eigenvalue weighted by Gasteiger charge is 2.35. The first-order chi connectivity index (χ1) is 11.3. The highest BCUT2D eigenvalue weighted by Crippen LogP contribution is 2.40. The lowest BCUT2D eigenvalue weighted by Crippen LogP contribution is -2.07. The van der Waals surface area contributed by atoms with Crippen LogP contribution < -0.4 is 9.47 Å². The van der Waals surface area contributed by atoms with Crippen molar-refractivity contribution in [3.8, 4) is 22.9 Å². The van der Waals surface area contributed by atoms with Gasteiger partial charge in [0.2, 0.25) is 5.88 Å². The molecule has 0 atom stereocenters. The molecular formula is C16H12F3IN2O2. The molecular weight excluding hydrogens is 436 g/mol. The third kappa shape index (κ3) is 2.90. The van der Waals surface area contributed by atoms with Crippen LogP contribution in [-0.4, -0.2) is 24.2 Å². The maximum absolute atomic E-state index is 13.2. The molecule has 0 amide bonds. The van der Waals surface area contributed by atoms with Gasteiger partial charge in [0, 0.05) is 20.7 Å². The van der Waals surface area contributed by atoms with Crippen molar-refractivity contribution in [3.05, 3.63) is 39.6 Å². The van der Waals surface area contributed by atoms with Crippen molar-refractivity contribution < 1.29 is 22.6 Å². The minimum absolute atomic E-state index is 0.214. The number of aromatic nitrogens is 2. The second-order valence-electron chi connectivity index (χ2n) is 5.00. The molecule has 0 unspecified atom stereocenters. The summed E-state index contributed by atoms with van der Waals surface area (Å²) in [5.41, 5.74) is 0.864. The number of nitrogens with one attached hydrogen (secondary N) is 1. The second kappa shape index (κ2) is 6.15. The zero-order valence-corrected chi connectivity index (χ0v) is 14.8. The number of methoxy groups -OCH3 is 2. The summed E-state index contributed by atoms with van der Waals surface area (Å²) in [5.74, 6) is 0.185. The van der Waals surface area contributed by atoms with Gasteiger partial charge >= 0.3 is 6.18 Å². The van der Waals surface area contributed by atoms with Crippen molar-refractivity contribution in [2.45, 2.75) is 6.18 Å². The SMILES string of the molecule is COc1cc2cc(-c3c(I)ccnc3OC)[nH]c2cc1C(F)(F)F. The Bertz CT molecular complexity index is 906. The van der Waals surface area contributed by atoms with Crippen LogP contribution in [0.4, 0.5) is 13.2 Å². The van der Waals surface area contributed by atoms with Crippen LogP contribution in [0.15, 0.2) is 30.5 Å². The van der Waals surface area contributed by atoms with E-state index in [1.54, 1.807) is 18.3 Å². The molecule has 0 spiro atoms. The first-order valence-electron chi connectivity index (χ1n) is 6.82. The fourth-order valence-electron chi connectivity index (χ4n) is 2.50. The van der Waals surface area contributed by atoms with Crippen molar-refractivity contribution >= 4 is 33.5 Å². The third-order valence-corrected chi connectivity index (χ3v) is 4.47.